The van der Waals surface area contributed by atoms with Gasteiger partial charge in [0.2, 0.25) is 0 Å². The van der Waals surface area contributed by atoms with Crippen LogP contribution in [0.4, 0.5) is 5.69 Å². The van der Waals surface area contributed by atoms with Gasteiger partial charge in [0, 0.05) is 34.9 Å². The van der Waals surface area contributed by atoms with Crippen LogP contribution in [0.15, 0.2) is 77.8 Å². The molecule has 8 heteroatoms. The van der Waals surface area contributed by atoms with Gasteiger partial charge >= 0.3 is 37.9 Å². The van der Waals surface area contributed by atoms with Crippen LogP contribution in [0, 0.1) is 22.0 Å². The number of nitro groups is 1. The van der Waals surface area contributed by atoms with Crippen molar-refractivity contribution in [1.29, 1.82) is 0 Å². The van der Waals surface area contributed by atoms with Crippen molar-refractivity contribution in [3.8, 4) is 5.75 Å². The molecule has 1 aliphatic rings. The average Bonchev–Trinajstić information content (AvgIpc) is 2.91. The predicted molar refractivity (Wildman–Crippen MR) is 148 cm³/mol. The summed E-state index contributed by atoms with van der Waals surface area (Å²) < 4.78 is 0. The Morgan fingerprint density at radius 1 is 1.03 bits per heavy atom. The molecule has 0 spiro atoms. The summed E-state index contributed by atoms with van der Waals surface area (Å²) in [5, 5.41) is 23.4. The number of phenols is 1. The first-order valence-electron chi connectivity index (χ1n) is 12.4. The zero-order valence-electron chi connectivity index (χ0n) is 21.3. The summed E-state index contributed by atoms with van der Waals surface area (Å²) >= 11 is -0.826. The van der Waals surface area contributed by atoms with Gasteiger partial charge in [-0.3, -0.25) is 15.1 Å². The molecular formula is C29H32Cl2N2O3Zr. The minimum absolute atomic E-state index is 0.0288. The SMILES string of the molecule is CC1CCCC(N=Cc2cc([N+](=O)[O-])cc(C(C)(c3ccccc3)c3ccccc3)c2O)C1C.[Cl][Zr][Cl]. The van der Waals surface area contributed by atoms with Crippen LogP contribution in [0.2, 0.25) is 0 Å². The number of hydrogen-bond donors (Lipinski definition) is 1. The predicted octanol–water partition coefficient (Wildman–Crippen LogP) is 8.27. The van der Waals surface area contributed by atoms with E-state index in [1.807, 2.05) is 67.6 Å². The number of non-ortho nitro benzene ring substituents is 1. The first-order chi connectivity index (χ1) is 17.7. The number of halogens is 2. The third-order valence-corrected chi connectivity index (χ3v) is 7.64. The van der Waals surface area contributed by atoms with E-state index in [1.165, 1.54) is 18.6 Å². The molecule has 4 rings (SSSR count). The number of rotatable bonds is 6. The molecule has 1 aliphatic carbocycles. The van der Waals surface area contributed by atoms with Crippen molar-refractivity contribution >= 4 is 28.9 Å². The second kappa shape index (κ2) is 13.7. The molecule has 0 amide bonds. The number of nitrogens with zero attached hydrogens (tertiary/aromatic N) is 2. The molecule has 3 atom stereocenters. The molecule has 3 aromatic carbocycles. The Morgan fingerprint density at radius 3 is 2.08 bits per heavy atom. The summed E-state index contributed by atoms with van der Waals surface area (Å²) in [5.41, 5.74) is 1.90. The summed E-state index contributed by atoms with van der Waals surface area (Å²) in [6.07, 6.45) is 4.96. The molecule has 0 aromatic heterocycles. The Hall–Kier alpha value is -2.01. The average molecular weight is 619 g/mol. The van der Waals surface area contributed by atoms with Crippen molar-refractivity contribution in [2.45, 2.75) is 51.5 Å². The van der Waals surface area contributed by atoms with Crippen molar-refractivity contribution in [1.82, 2.24) is 0 Å². The second-order valence-corrected chi connectivity index (χ2v) is 13.5. The van der Waals surface area contributed by atoms with Crippen LogP contribution in [-0.2, 0) is 26.3 Å². The van der Waals surface area contributed by atoms with Gasteiger partial charge in [0.15, 0.2) is 0 Å². The van der Waals surface area contributed by atoms with Crippen molar-refractivity contribution in [2.75, 3.05) is 0 Å². The number of hydrogen-bond acceptors (Lipinski definition) is 4. The van der Waals surface area contributed by atoms with Crippen molar-refractivity contribution in [3.63, 3.8) is 0 Å². The van der Waals surface area contributed by atoms with E-state index in [1.54, 1.807) is 6.21 Å². The Kier molecular flexibility index (Phi) is 10.9. The molecule has 1 fully saturated rings. The number of nitro benzene ring substituents is 1. The Morgan fingerprint density at radius 2 is 1.57 bits per heavy atom. The zero-order valence-corrected chi connectivity index (χ0v) is 25.2. The van der Waals surface area contributed by atoms with E-state index in [-0.39, 0.29) is 17.5 Å². The third kappa shape index (κ3) is 6.90. The van der Waals surface area contributed by atoms with E-state index in [9.17, 15) is 15.2 Å². The molecule has 37 heavy (non-hydrogen) atoms. The molecule has 0 aliphatic heterocycles. The Bertz CT molecular complexity index is 1170. The van der Waals surface area contributed by atoms with Crippen LogP contribution >= 0.6 is 17.0 Å². The fourth-order valence-electron chi connectivity index (χ4n) is 5.19. The van der Waals surface area contributed by atoms with Gasteiger partial charge in [-0.05, 0) is 36.3 Å². The normalized spacial score (nSPS) is 19.6. The van der Waals surface area contributed by atoms with E-state index in [0.29, 0.717) is 23.0 Å². The molecule has 5 nitrogen and oxygen atoms in total. The van der Waals surface area contributed by atoms with E-state index in [4.69, 9.17) is 22.0 Å². The Balaban J connectivity index is 0.00000121. The summed E-state index contributed by atoms with van der Waals surface area (Å²) in [7, 11) is 9.87. The van der Waals surface area contributed by atoms with Gasteiger partial charge in [-0.25, -0.2) is 0 Å². The van der Waals surface area contributed by atoms with Gasteiger partial charge in [-0.15, -0.1) is 0 Å². The molecule has 0 radical (unpaired) electrons. The van der Waals surface area contributed by atoms with Gasteiger partial charge in [0.25, 0.3) is 5.69 Å². The van der Waals surface area contributed by atoms with Crippen LogP contribution in [0.3, 0.4) is 0 Å². The summed E-state index contributed by atoms with van der Waals surface area (Å²) in [6.45, 7) is 6.47. The molecule has 1 N–H and O–H groups in total. The van der Waals surface area contributed by atoms with E-state index >= 15 is 0 Å². The van der Waals surface area contributed by atoms with Gasteiger partial charge in [0.05, 0.1) is 11.0 Å². The number of aliphatic imine (C=N–C) groups is 1. The maximum atomic E-state index is 11.9. The first-order valence-corrected chi connectivity index (χ1v) is 18.7. The van der Waals surface area contributed by atoms with E-state index in [2.05, 4.69) is 13.8 Å². The van der Waals surface area contributed by atoms with Crippen molar-refractivity contribution < 1.29 is 30.9 Å². The van der Waals surface area contributed by atoms with E-state index in [0.717, 1.165) is 24.0 Å². The maximum absolute atomic E-state index is 11.9. The minimum atomic E-state index is -0.826. The summed E-state index contributed by atoms with van der Waals surface area (Å²) in [5.74, 6) is 1.05. The molecule has 0 heterocycles. The second-order valence-electron chi connectivity index (χ2n) is 9.73. The molecule has 0 saturated heterocycles. The molecular weight excluding hydrogens is 586 g/mol. The zero-order chi connectivity index (χ0) is 27.0. The number of phenolic OH excluding ortho intramolecular Hbond substituents is 1. The number of aromatic hydroxyl groups is 1. The Labute approximate surface area is 237 Å². The van der Waals surface area contributed by atoms with Gasteiger partial charge in [-0.1, -0.05) is 87.4 Å². The van der Waals surface area contributed by atoms with Gasteiger partial charge < -0.3 is 5.11 Å². The van der Waals surface area contributed by atoms with Crippen LogP contribution in [-0.4, -0.2) is 22.3 Å². The fraction of sp³-hybridized carbons (Fsp3) is 0.345. The third-order valence-electron chi connectivity index (χ3n) is 7.64. The monoisotopic (exact) mass is 616 g/mol. The van der Waals surface area contributed by atoms with Crippen LogP contribution in [0.1, 0.15) is 62.3 Å². The molecule has 3 aromatic rings. The topological polar surface area (TPSA) is 75.7 Å². The number of benzene rings is 3. The fourth-order valence-corrected chi connectivity index (χ4v) is 5.19. The standard InChI is InChI=1S/C29H32N2O3.2ClH.Zr/c1-20-11-10-16-27(21(20)2)30-19-22-17-25(31(33)34)18-26(28(22)32)29(3,23-12-6-4-7-13-23)24-14-8-5-9-15-24;;;/h4-9,12-15,17-21,27,32H,10-11,16H2,1-3H3;2*1H;/q;;;+2/p-2. The van der Waals surface area contributed by atoms with Crippen LogP contribution in [0.5, 0.6) is 5.75 Å². The molecule has 3 unspecified atom stereocenters. The van der Waals surface area contributed by atoms with Gasteiger partial charge in [-0.2, -0.15) is 0 Å². The van der Waals surface area contributed by atoms with E-state index < -0.39 is 31.2 Å². The summed E-state index contributed by atoms with van der Waals surface area (Å²) in [6, 6.07) is 22.7. The van der Waals surface area contributed by atoms with Crippen molar-refractivity contribution in [2.24, 2.45) is 16.8 Å². The van der Waals surface area contributed by atoms with Gasteiger partial charge in [0.1, 0.15) is 5.75 Å². The van der Waals surface area contributed by atoms with Crippen LogP contribution < -0.4 is 0 Å². The quantitative estimate of drug-likeness (QED) is 0.131. The molecule has 194 valence electrons. The molecule has 1 saturated carbocycles. The summed E-state index contributed by atoms with van der Waals surface area (Å²) in [4.78, 5) is 16.3. The molecule has 0 bridgehead atoms. The van der Waals surface area contributed by atoms with Crippen LogP contribution in [0.25, 0.3) is 0 Å². The first kappa shape index (κ1) is 29.5. The van der Waals surface area contributed by atoms with Crippen molar-refractivity contribution in [3.05, 3.63) is 105 Å².